The van der Waals surface area contributed by atoms with E-state index in [1.807, 2.05) is 18.2 Å². The second-order valence-corrected chi connectivity index (χ2v) is 7.50. The van der Waals surface area contributed by atoms with E-state index in [2.05, 4.69) is 22.0 Å². The lowest BCUT2D eigenvalue weighted by Crippen LogP contribution is -2.00. The predicted octanol–water partition coefficient (Wildman–Crippen LogP) is 6.44. The maximum absolute atomic E-state index is 11.0. The molecule has 1 N–H and O–H groups in total. The number of hydrogen-bond acceptors (Lipinski definition) is 3. The zero-order chi connectivity index (χ0) is 20.8. The van der Waals surface area contributed by atoms with Crippen molar-refractivity contribution in [1.29, 1.82) is 5.26 Å². The molecule has 144 valence electrons. The number of aromatic carboxylic acids is 1. The minimum Gasteiger partial charge on any atom is -0.488 e. The van der Waals surface area contributed by atoms with Crippen LogP contribution >= 0.6 is 27.5 Å². The summed E-state index contributed by atoms with van der Waals surface area (Å²) in [6.07, 6.45) is 1.76. The third-order valence-electron chi connectivity index (χ3n) is 4.14. The number of allylic oxidation sites excluding steroid dienone is 1. The maximum Gasteiger partial charge on any atom is 0.335 e. The van der Waals surface area contributed by atoms with E-state index in [9.17, 15) is 10.1 Å². The summed E-state index contributed by atoms with van der Waals surface area (Å²) in [4.78, 5) is 11.0. The number of rotatable bonds is 6. The summed E-state index contributed by atoms with van der Waals surface area (Å²) >= 11 is 9.38. The van der Waals surface area contributed by atoms with Crippen molar-refractivity contribution in [3.05, 3.63) is 98.5 Å². The molecule has 0 atom stereocenters. The van der Waals surface area contributed by atoms with E-state index in [0.29, 0.717) is 16.3 Å². The van der Waals surface area contributed by atoms with E-state index in [1.54, 1.807) is 42.5 Å². The molecular weight excluding hydrogens is 454 g/mol. The maximum atomic E-state index is 11.0. The molecule has 0 bridgehead atoms. The average Bonchev–Trinajstić information content (AvgIpc) is 2.72. The Morgan fingerprint density at radius 2 is 1.72 bits per heavy atom. The summed E-state index contributed by atoms with van der Waals surface area (Å²) in [6.45, 7) is 0.269. The van der Waals surface area contributed by atoms with Gasteiger partial charge in [-0.2, -0.15) is 5.26 Å². The standard InChI is InChI=1S/C23H15BrClNO3/c24-20-7-10-22(29-14-15-1-3-17(4-2-15)23(27)28)18(12-20)11-19(13-26)16-5-8-21(25)9-6-16/h1-12H,14H2,(H,27,28)/b19-11+. The number of nitrogens with zero attached hydrogens (tertiary/aromatic N) is 1. The van der Waals surface area contributed by atoms with Gasteiger partial charge in [0, 0.05) is 15.1 Å². The summed E-state index contributed by atoms with van der Waals surface area (Å²) in [5.41, 5.74) is 3.05. The molecule has 0 spiro atoms. The van der Waals surface area contributed by atoms with Crippen molar-refractivity contribution in [1.82, 2.24) is 0 Å². The van der Waals surface area contributed by atoms with Crippen LogP contribution in [0.2, 0.25) is 5.02 Å². The Morgan fingerprint density at radius 1 is 1.07 bits per heavy atom. The molecule has 0 amide bonds. The Kier molecular flexibility index (Phi) is 6.71. The Labute approximate surface area is 181 Å². The molecule has 0 aromatic heterocycles. The van der Waals surface area contributed by atoms with Crippen LogP contribution in [0.4, 0.5) is 0 Å². The highest BCUT2D eigenvalue weighted by Gasteiger charge is 2.08. The van der Waals surface area contributed by atoms with Crippen LogP contribution in [-0.4, -0.2) is 11.1 Å². The number of nitriles is 1. The number of halogens is 2. The Bertz CT molecular complexity index is 1100. The van der Waals surface area contributed by atoms with Crippen molar-refractivity contribution in [3.8, 4) is 11.8 Å². The molecule has 0 heterocycles. The van der Waals surface area contributed by atoms with Gasteiger partial charge >= 0.3 is 5.97 Å². The van der Waals surface area contributed by atoms with E-state index in [-0.39, 0.29) is 12.2 Å². The summed E-state index contributed by atoms with van der Waals surface area (Å²) in [6, 6.07) is 21.3. The molecule has 0 radical (unpaired) electrons. The summed E-state index contributed by atoms with van der Waals surface area (Å²) in [5.74, 6) is -0.360. The van der Waals surface area contributed by atoms with E-state index < -0.39 is 5.97 Å². The van der Waals surface area contributed by atoms with Crippen LogP contribution in [0.1, 0.15) is 27.0 Å². The number of carboxylic acid groups (broad SMARTS) is 1. The number of benzene rings is 3. The van der Waals surface area contributed by atoms with Crippen LogP contribution in [0.5, 0.6) is 5.75 Å². The number of ether oxygens (including phenoxy) is 1. The van der Waals surface area contributed by atoms with E-state index >= 15 is 0 Å². The van der Waals surface area contributed by atoms with E-state index in [1.165, 1.54) is 12.1 Å². The number of carbonyl (C=O) groups is 1. The molecule has 0 fully saturated rings. The van der Waals surface area contributed by atoms with Gasteiger partial charge in [-0.25, -0.2) is 4.79 Å². The van der Waals surface area contributed by atoms with Crippen molar-refractivity contribution in [2.75, 3.05) is 0 Å². The van der Waals surface area contributed by atoms with Gasteiger partial charge in [-0.1, -0.05) is 51.8 Å². The SMILES string of the molecule is N#C/C(=C\c1cc(Br)ccc1OCc1ccc(C(=O)O)cc1)c1ccc(Cl)cc1. The van der Waals surface area contributed by atoms with Gasteiger partial charge in [-0.15, -0.1) is 0 Å². The molecule has 0 aliphatic carbocycles. The quantitative estimate of drug-likeness (QED) is 0.334. The van der Waals surface area contributed by atoms with Gasteiger partial charge in [0.1, 0.15) is 12.4 Å². The molecule has 3 rings (SSSR count). The fourth-order valence-corrected chi connectivity index (χ4v) is 3.14. The minimum absolute atomic E-state index is 0.225. The van der Waals surface area contributed by atoms with E-state index in [0.717, 1.165) is 21.2 Å². The monoisotopic (exact) mass is 467 g/mol. The largest absolute Gasteiger partial charge is 0.488 e. The van der Waals surface area contributed by atoms with Crippen LogP contribution in [0, 0.1) is 11.3 Å². The van der Waals surface area contributed by atoms with Crippen LogP contribution < -0.4 is 4.74 Å². The fraction of sp³-hybridized carbons (Fsp3) is 0.0435. The minimum atomic E-state index is -0.968. The van der Waals surface area contributed by atoms with Crippen LogP contribution in [0.25, 0.3) is 11.6 Å². The molecule has 4 nitrogen and oxygen atoms in total. The highest BCUT2D eigenvalue weighted by Crippen LogP contribution is 2.29. The summed E-state index contributed by atoms with van der Waals surface area (Å²) in [7, 11) is 0. The number of carboxylic acids is 1. The first-order valence-electron chi connectivity index (χ1n) is 8.58. The predicted molar refractivity (Wildman–Crippen MR) is 117 cm³/mol. The van der Waals surface area contributed by atoms with Crippen molar-refractivity contribution < 1.29 is 14.6 Å². The zero-order valence-electron chi connectivity index (χ0n) is 15.1. The van der Waals surface area contributed by atoms with Gasteiger partial charge in [0.2, 0.25) is 0 Å². The first-order chi connectivity index (χ1) is 14.0. The second-order valence-electron chi connectivity index (χ2n) is 6.15. The first kappa shape index (κ1) is 20.7. The summed E-state index contributed by atoms with van der Waals surface area (Å²) in [5, 5.41) is 19.2. The Hall–Kier alpha value is -3.07. The molecule has 3 aromatic rings. The molecule has 29 heavy (non-hydrogen) atoms. The Morgan fingerprint density at radius 3 is 2.34 bits per heavy atom. The highest BCUT2D eigenvalue weighted by molar-refractivity contribution is 9.10. The second kappa shape index (κ2) is 9.42. The molecule has 0 unspecified atom stereocenters. The van der Waals surface area contributed by atoms with Gasteiger partial charge in [0.25, 0.3) is 0 Å². The average molecular weight is 469 g/mol. The van der Waals surface area contributed by atoms with Crippen molar-refractivity contribution >= 4 is 45.1 Å². The van der Waals surface area contributed by atoms with Gasteiger partial charge in [-0.05, 0) is 59.7 Å². The van der Waals surface area contributed by atoms with Crippen molar-refractivity contribution in [3.63, 3.8) is 0 Å². The van der Waals surface area contributed by atoms with E-state index in [4.69, 9.17) is 21.4 Å². The lowest BCUT2D eigenvalue weighted by molar-refractivity contribution is 0.0697. The third kappa shape index (κ3) is 5.47. The van der Waals surface area contributed by atoms with Gasteiger partial charge in [0.15, 0.2) is 0 Å². The Balaban J connectivity index is 1.86. The molecule has 0 aliphatic heterocycles. The van der Waals surface area contributed by atoms with Gasteiger partial charge in [-0.3, -0.25) is 0 Å². The molecule has 0 saturated carbocycles. The fourth-order valence-electron chi connectivity index (χ4n) is 2.63. The van der Waals surface area contributed by atoms with Crippen molar-refractivity contribution in [2.24, 2.45) is 0 Å². The normalized spacial score (nSPS) is 11.0. The van der Waals surface area contributed by atoms with Gasteiger partial charge < -0.3 is 9.84 Å². The first-order valence-corrected chi connectivity index (χ1v) is 9.75. The third-order valence-corrected chi connectivity index (χ3v) is 4.89. The smallest absolute Gasteiger partial charge is 0.335 e. The van der Waals surface area contributed by atoms with Gasteiger partial charge in [0.05, 0.1) is 17.2 Å². The molecule has 0 aliphatic rings. The van der Waals surface area contributed by atoms with Crippen LogP contribution in [-0.2, 0) is 6.61 Å². The highest BCUT2D eigenvalue weighted by atomic mass is 79.9. The topological polar surface area (TPSA) is 70.3 Å². The van der Waals surface area contributed by atoms with Crippen LogP contribution in [0.3, 0.4) is 0 Å². The lowest BCUT2D eigenvalue weighted by Gasteiger charge is -2.11. The molecule has 6 heteroatoms. The zero-order valence-corrected chi connectivity index (χ0v) is 17.4. The number of hydrogen-bond donors (Lipinski definition) is 1. The summed E-state index contributed by atoms with van der Waals surface area (Å²) < 4.78 is 6.79. The lowest BCUT2D eigenvalue weighted by atomic mass is 10.0. The van der Waals surface area contributed by atoms with Crippen LogP contribution in [0.15, 0.2) is 71.2 Å². The molecular formula is C23H15BrClNO3. The van der Waals surface area contributed by atoms with Crippen molar-refractivity contribution in [2.45, 2.75) is 6.61 Å². The molecule has 0 saturated heterocycles. The molecule has 3 aromatic carbocycles.